The van der Waals surface area contributed by atoms with Crippen LogP contribution in [-0.2, 0) is 26.3 Å². The second kappa shape index (κ2) is 7.62. The minimum Gasteiger partial charge on any atom is -0.361 e. The lowest BCUT2D eigenvalue weighted by atomic mass is 9.76. The van der Waals surface area contributed by atoms with E-state index in [2.05, 4.69) is 31.5 Å². The van der Waals surface area contributed by atoms with Gasteiger partial charge in [-0.1, -0.05) is 58.4 Å². The van der Waals surface area contributed by atoms with Gasteiger partial charge < -0.3 is 10.3 Å². The Kier molecular flexibility index (Phi) is 4.56. The van der Waals surface area contributed by atoms with E-state index in [9.17, 15) is 14.4 Å². The maximum Gasteiger partial charge on any atom is 0.250 e. The minimum atomic E-state index is -1.31. The summed E-state index contributed by atoms with van der Waals surface area (Å²) in [4.78, 5) is 46.2. The molecule has 0 radical (unpaired) electrons. The number of H-pyrrole nitrogens is 1. The minimum absolute atomic E-state index is 0.283. The first kappa shape index (κ1) is 21.5. The molecule has 4 heterocycles. The van der Waals surface area contributed by atoms with E-state index in [0.29, 0.717) is 23.4 Å². The van der Waals surface area contributed by atoms with Gasteiger partial charge in [-0.3, -0.25) is 19.7 Å². The first-order valence-electron chi connectivity index (χ1n) is 11.9. The van der Waals surface area contributed by atoms with E-state index in [-0.39, 0.29) is 17.7 Å². The molecule has 4 atom stereocenters. The molecule has 3 N–H and O–H groups in total. The molecule has 7 nitrogen and oxygen atoms in total. The van der Waals surface area contributed by atoms with Crippen molar-refractivity contribution in [2.75, 3.05) is 10.2 Å². The number of aromatic amines is 1. The zero-order chi connectivity index (χ0) is 24.6. The SMILES string of the molecule is O=C1C2C(Cc3c[nH]c4ccccc34)NC3(C(=O)Nc4ccccc43)C2C(=O)N1c1cccc(Br)c1. The summed E-state index contributed by atoms with van der Waals surface area (Å²) in [5.74, 6) is -2.49. The Morgan fingerprint density at radius 1 is 0.917 bits per heavy atom. The Morgan fingerprint density at radius 2 is 1.72 bits per heavy atom. The van der Waals surface area contributed by atoms with Crippen LogP contribution in [0.25, 0.3) is 10.9 Å². The maximum atomic E-state index is 14.0. The number of benzene rings is 3. The molecule has 7 rings (SSSR count). The standard InChI is InChI=1S/C28H21BrN4O3/c29-16-6-5-7-17(13-16)33-25(34)23-22(12-15-14-30-20-10-3-1-8-18(15)20)32-28(24(23)26(33)35)19-9-2-4-11-21(19)31-27(28)36/h1-11,13-14,22-24,30,32H,12H2,(H,31,36). The van der Waals surface area contributed by atoms with Crippen LogP contribution in [0, 0.1) is 11.8 Å². The lowest BCUT2D eigenvalue weighted by Crippen LogP contribution is -2.53. The van der Waals surface area contributed by atoms with Crippen LogP contribution in [0.15, 0.2) is 83.5 Å². The Morgan fingerprint density at radius 3 is 2.58 bits per heavy atom. The highest BCUT2D eigenvalue weighted by Crippen LogP contribution is 2.54. The largest absolute Gasteiger partial charge is 0.361 e. The van der Waals surface area contributed by atoms with Gasteiger partial charge in [0, 0.05) is 38.9 Å². The van der Waals surface area contributed by atoms with E-state index in [0.717, 1.165) is 20.9 Å². The molecule has 4 aromatic rings. The second-order valence-electron chi connectivity index (χ2n) is 9.62. The number of aromatic nitrogens is 1. The normalized spacial score (nSPS) is 26.6. The molecule has 3 aromatic carbocycles. The Balaban J connectivity index is 1.38. The van der Waals surface area contributed by atoms with Gasteiger partial charge in [0.25, 0.3) is 0 Å². The smallest absolute Gasteiger partial charge is 0.250 e. The average molecular weight is 541 g/mol. The van der Waals surface area contributed by atoms with Crippen LogP contribution in [-0.4, -0.2) is 28.7 Å². The highest BCUT2D eigenvalue weighted by molar-refractivity contribution is 9.10. The molecule has 0 saturated carbocycles. The molecule has 0 aliphatic carbocycles. The molecule has 3 amide bonds. The summed E-state index contributed by atoms with van der Waals surface area (Å²) in [6, 6.07) is 22.1. The van der Waals surface area contributed by atoms with Crippen molar-refractivity contribution in [1.82, 2.24) is 10.3 Å². The lowest BCUT2D eigenvalue weighted by molar-refractivity contribution is -0.130. The van der Waals surface area contributed by atoms with E-state index in [1.165, 1.54) is 4.90 Å². The van der Waals surface area contributed by atoms with Crippen molar-refractivity contribution in [2.24, 2.45) is 11.8 Å². The van der Waals surface area contributed by atoms with E-state index in [4.69, 9.17) is 0 Å². The predicted molar refractivity (Wildman–Crippen MR) is 139 cm³/mol. The highest BCUT2D eigenvalue weighted by Gasteiger charge is 2.70. The summed E-state index contributed by atoms with van der Waals surface area (Å²) in [6.07, 6.45) is 2.44. The molecule has 3 aliphatic heterocycles. The molecule has 2 saturated heterocycles. The summed E-state index contributed by atoms with van der Waals surface area (Å²) >= 11 is 3.45. The number of nitrogens with zero attached hydrogens (tertiary/aromatic N) is 1. The fourth-order valence-corrected chi connectivity index (χ4v) is 6.73. The number of rotatable bonds is 3. The van der Waals surface area contributed by atoms with Crippen LogP contribution in [0.5, 0.6) is 0 Å². The maximum absolute atomic E-state index is 14.0. The van der Waals surface area contributed by atoms with E-state index in [1.54, 1.807) is 18.2 Å². The lowest BCUT2D eigenvalue weighted by Gasteiger charge is -2.29. The predicted octanol–water partition coefficient (Wildman–Crippen LogP) is 4.10. The van der Waals surface area contributed by atoms with Crippen LogP contribution in [0.1, 0.15) is 11.1 Å². The molecule has 1 spiro atoms. The zero-order valence-electron chi connectivity index (χ0n) is 19.0. The van der Waals surface area contributed by atoms with Crippen molar-refractivity contribution < 1.29 is 14.4 Å². The van der Waals surface area contributed by atoms with Gasteiger partial charge in [0.15, 0.2) is 0 Å². The van der Waals surface area contributed by atoms with Gasteiger partial charge in [-0.2, -0.15) is 0 Å². The number of halogens is 1. The number of amides is 3. The van der Waals surface area contributed by atoms with Crippen LogP contribution >= 0.6 is 15.9 Å². The molecule has 2 fully saturated rings. The summed E-state index contributed by atoms with van der Waals surface area (Å²) in [5, 5.41) is 7.54. The third kappa shape index (κ3) is 2.79. The first-order valence-corrected chi connectivity index (χ1v) is 12.7. The molecular formula is C28H21BrN4O3. The number of para-hydroxylation sites is 2. The zero-order valence-corrected chi connectivity index (χ0v) is 20.6. The fourth-order valence-electron chi connectivity index (χ4n) is 6.34. The van der Waals surface area contributed by atoms with Gasteiger partial charge in [0.05, 0.1) is 17.5 Å². The molecule has 1 aromatic heterocycles. The second-order valence-corrected chi connectivity index (χ2v) is 10.5. The number of imide groups is 1. The van der Waals surface area contributed by atoms with Gasteiger partial charge in [-0.05, 0) is 42.3 Å². The third-order valence-electron chi connectivity index (χ3n) is 7.80. The van der Waals surface area contributed by atoms with Crippen molar-refractivity contribution in [3.05, 3.63) is 94.6 Å². The molecule has 0 bridgehead atoms. The topological polar surface area (TPSA) is 94.3 Å². The molecular weight excluding hydrogens is 520 g/mol. The van der Waals surface area contributed by atoms with E-state index < -0.39 is 23.4 Å². The van der Waals surface area contributed by atoms with Gasteiger partial charge >= 0.3 is 0 Å². The van der Waals surface area contributed by atoms with E-state index >= 15 is 0 Å². The van der Waals surface area contributed by atoms with Crippen LogP contribution in [0.3, 0.4) is 0 Å². The Labute approximate surface area is 215 Å². The van der Waals surface area contributed by atoms with Gasteiger partial charge in [-0.25, -0.2) is 4.90 Å². The third-order valence-corrected chi connectivity index (χ3v) is 8.30. The van der Waals surface area contributed by atoms with Crippen molar-refractivity contribution >= 4 is 55.9 Å². The van der Waals surface area contributed by atoms with Crippen molar-refractivity contribution in [1.29, 1.82) is 0 Å². The van der Waals surface area contributed by atoms with Crippen LogP contribution in [0.2, 0.25) is 0 Å². The molecule has 178 valence electrons. The highest BCUT2D eigenvalue weighted by atomic mass is 79.9. The monoisotopic (exact) mass is 540 g/mol. The summed E-state index contributed by atoms with van der Waals surface area (Å²) in [6.45, 7) is 0. The quantitative estimate of drug-likeness (QED) is 0.341. The number of carbonyl (C=O) groups excluding carboxylic acids is 3. The van der Waals surface area contributed by atoms with Crippen molar-refractivity contribution in [3.63, 3.8) is 0 Å². The van der Waals surface area contributed by atoms with Gasteiger partial charge in [0.1, 0.15) is 5.54 Å². The molecule has 3 aliphatic rings. The molecule has 8 heteroatoms. The molecule has 4 unspecified atom stereocenters. The summed E-state index contributed by atoms with van der Waals surface area (Å²) < 4.78 is 0.768. The number of hydrogen-bond donors (Lipinski definition) is 3. The van der Waals surface area contributed by atoms with E-state index in [1.807, 2.05) is 60.8 Å². The summed E-state index contributed by atoms with van der Waals surface area (Å²) in [5.41, 5.74) is 2.61. The molecule has 36 heavy (non-hydrogen) atoms. The van der Waals surface area contributed by atoms with Crippen LogP contribution in [0.4, 0.5) is 11.4 Å². The number of carbonyl (C=O) groups is 3. The van der Waals surface area contributed by atoms with Gasteiger partial charge in [-0.15, -0.1) is 0 Å². The van der Waals surface area contributed by atoms with Crippen molar-refractivity contribution in [3.8, 4) is 0 Å². The first-order chi connectivity index (χ1) is 17.5. The fraction of sp³-hybridized carbons (Fsp3) is 0.179. The van der Waals surface area contributed by atoms with Crippen LogP contribution < -0.4 is 15.5 Å². The average Bonchev–Trinajstić information content (AvgIpc) is 3.58. The Bertz CT molecular complexity index is 1600. The van der Waals surface area contributed by atoms with Crippen molar-refractivity contribution in [2.45, 2.75) is 18.0 Å². The number of nitrogens with one attached hydrogen (secondary N) is 3. The Hall–Kier alpha value is -3.75. The number of fused-ring (bicyclic) bond motifs is 5. The number of anilines is 2. The number of hydrogen-bond acceptors (Lipinski definition) is 4. The van der Waals surface area contributed by atoms with Gasteiger partial charge in [0.2, 0.25) is 17.7 Å². The summed E-state index contributed by atoms with van der Waals surface area (Å²) in [7, 11) is 0.